The van der Waals surface area contributed by atoms with Crippen LogP contribution in [-0.4, -0.2) is 11.0 Å². The van der Waals surface area contributed by atoms with Crippen LogP contribution in [0.4, 0.5) is 0 Å². The highest BCUT2D eigenvalue weighted by Crippen LogP contribution is 2.30. The Bertz CT molecular complexity index is 478. The zero-order valence-electron chi connectivity index (χ0n) is 8.70. The highest BCUT2D eigenvalue weighted by atomic mass is 35.5. The Labute approximate surface area is 98.1 Å². The van der Waals surface area contributed by atoms with E-state index in [1.54, 1.807) is 11.3 Å². The van der Waals surface area contributed by atoms with E-state index < -0.39 is 0 Å². The molecule has 2 aromatic rings. The first kappa shape index (κ1) is 10.9. The SMILES string of the molecule is CC(N)C(C)c1nc2ccc(Cl)cc2s1. The molecule has 0 aliphatic heterocycles. The number of thiazole rings is 1. The van der Waals surface area contributed by atoms with Crippen LogP contribution in [0, 0.1) is 0 Å². The van der Waals surface area contributed by atoms with Gasteiger partial charge in [0.25, 0.3) is 0 Å². The number of rotatable bonds is 2. The van der Waals surface area contributed by atoms with Gasteiger partial charge in [0.1, 0.15) is 0 Å². The lowest BCUT2D eigenvalue weighted by atomic mass is 10.1. The standard InChI is InChI=1S/C11H13ClN2S/c1-6(7(2)13)11-14-9-4-3-8(12)5-10(9)15-11/h3-7H,13H2,1-2H3. The predicted octanol–water partition coefficient (Wildman–Crippen LogP) is 3.40. The quantitative estimate of drug-likeness (QED) is 0.874. The van der Waals surface area contributed by atoms with E-state index >= 15 is 0 Å². The molecule has 2 N–H and O–H groups in total. The molecular weight excluding hydrogens is 228 g/mol. The largest absolute Gasteiger partial charge is 0.327 e. The smallest absolute Gasteiger partial charge is 0.0982 e. The van der Waals surface area contributed by atoms with Crippen molar-refractivity contribution in [2.24, 2.45) is 5.73 Å². The fourth-order valence-corrected chi connectivity index (χ4v) is 2.75. The minimum atomic E-state index is 0.126. The van der Waals surface area contributed by atoms with E-state index in [2.05, 4.69) is 11.9 Å². The lowest BCUT2D eigenvalue weighted by molar-refractivity contribution is 0.611. The van der Waals surface area contributed by atoms with Crippen LogP contribution in [-0.2, 0) is 0 Å². The van der Waals surface area contributed by atoms with Gasteiger partial charge < -0.3 is 5.73 Å². The lowest BCUT2D eigenvalue weighted by Gasteiger charge is -2.11. The second-order valence-electron chi connectivity index (χ2n) is 3.81. The molecule has 0 saturated carbocycles. The van der Waals surface area contributed by atoms with Gasteiger partial charge in [-0.2, -0.15) is 0 Å². The van der Waals surface area contributed by atoms with Crippen molar-refractivity contribution in [3.63, 3.8) is 0 Å². The van der Waals surface area contributed by atoms with E-state index in [-0.39, 0.29) is 6.04 Å². The van der Waals surface area contributed by atoms with E-state index in [9.17, 15) is 0 Å². The van der Waals surface area contributed by atoms with E-state index in [4.69, 9.17) is 17.3 Å². The number of hydrogen-bond acceptors (Lipinski definition) is 3. The molecule has 1 heterocycles. The number of aromatic nitrogens is 1. The van der Waals surface area contributed by atoms with Gasteiger partial charge in [0.15, 0.2) is 0 Å². The summed E-state index contributed by atoms with van der Waals surface area (Å²) in [5.41, 5.74) is 6.87. The van der Waals surface area contributed by atoms with Crippen LogP contribution >= 0.6 is 22.9 Å². The highest BCUT2D eigenvalue weighted by molar-refractivity contribution is 7.18. The topological polar surface area (TPSA) is 38.9 Å². The number of nitrogens with two attached hydrogens (primary N) is 1. The maximum atomic E-state index is 5.92. The van der Waals surface area contributed by atoms with E-state index in [0.29, 0.717) is 5.92 Å². The van der Waals surface area contributed by atoms with Crippen LogP contribution in [0.5, 0.6) is 0 Å². The summed E-state index contributed by atoms with van der Waals surface area (Å²) < 4.78 is 1.13. The average Bonchev–Trinajstić information content (AvgIpc) is 2.58. The van der Waals surface area contributed by atoms with Crippen LogP contribution < -0.4 is 5.73 Å². The summed E-state index contributed by atoms with van der Waals surface area (Å²) in [6.45, 7) is 4.10. The Balaban J connectivity index is 2.47. The fraction of sp³-hybridized carbons (Fsp3) is 0.364. The summed E-state index contributed by atoms with van der Waals surface area (Å²) >= 11 is 7.60. The molecule has 2 nitrogen and oxygen atoms in total. The Kier molecular flexibility index (Phi) is 2.96. The molecular formula is C11H13ClN2S. The van der Waals surface area contributed by atoms with Gasteiger partial charge in [0, 0.05) is 17.0 Å². The first-order valence-corrected chi connectivity index (χ1v) is 6.09. The van der Waals surface area contributed by atoms with Crippen LogP contribution in [0.25, 0.3) is 10.2 Å². The Hall–Kier alpha value is -0.640. The maximum absolute atomic E-state index is 5.92. The second kappa shape index (κ2) is 4.08. The molecule has 15 heavy (non-hydrogen) atoms. The van der Waals surface area contributed by atoms with Crippen LogP contribution in [0.2, 0.25) is 5.02 Å². The summed E-state index contributed by atoms with van der Waals surface area (Å²) in [7, 11) is 0. The van der Waals surface area contributed by atoms with Crippen molar-refractivity contribution in [1.82, 2.24) is 4.98 Å². The summed E-state index contributed by atoms with van der Waals surface area (Å²) in [6, 6.07) is 5.89. The van der Waals surface area contributed by atoms with Gasteiger partial charge in [-0.25, -0.2) is 4.98 Å². The number of benzene rings is 1. The van der Waals surface area contributed by atoms with Gasteiger partial charge in [0.2, 0.25) is 0 Å². The molecule has 2 rings (SSSR count). The van der Waals surface area contributed by atoms with Crippen LogP contribution in [0.1, 0.15) is 24.8 Å². The van der Waals surface area contributed by atoms with E-state index in [0.717, 1.165) is 20.2 Å². The molecule has 0 bridgehead atoms. The van der Waals surface area contributed by atoms with Gasteiger partial charge in [-0.15, -0.1) is 11.3 Å². The minimum Gasteiger partial charge on any atom is -0.327 e. The van der Waals surface area contributed by atoms with Gasteiger partial charge in [-0.1, -0.05) is 18.5 Å². The Morgan fingerprint density at radius 3 is 2.80 bits per heavy atom. The molecule has 0 aliphatic carbocycles. The summed E-state index contributed by atoms with van der Waals surface area (Å²) in [4.78, 5) is 4.55. The van der Waals surface area contributed by atoms with Crippen molar-refractivity contribution in [3.05, 3.63) is 28.2 Å². The molecule has 1 aromatic carbocycles. The van der Waals surface area contributed by atoms with Crippen LogP contribution in [0.15, 0.2) is 18.2 Å². The van der Waals surface area contributed by atoms with E-state index in [1.807, 2.05) is 25.1 Å². The van der Waals surface area contributed by atoms with Crippen LogP contribution in [0.3, 0.4) is 0 Å². The van der Waals surface area contributed by atoms with Crippen molar-refractivity contribution >= 4 is 33.2 Å². The normalized spacial score (nSPS) is 15.5. The molecule has 0 fully saturated rings. The second-order valence-corrected chi connectivity index (χ2v) is 5.31. The molecule has 0 aliphatic rings. The number of hydrogen-bond donors (Lipinski definition) is 1. The molecule has 0 amide bonds. The van der Waals surface area contributed by atoms with Crippen molar-refractivity contribution in [2.75, 3.05) is 0 Å². The lowest BCUT2D eigenvalue weighted by Crippen LogP contribution is -2.22. The van der Waals surface area contributed by atoms with E-state index in [1.165, 1.54) is 0 Å². The molecule has 2 atom stereocenters. The Morgan fingerprint density at radius 2 is 2.13 bits per heavy atom. The number of fused-ring (bicyclic) bond motifs is 1. The Morgan fingerprint density at radius 1 is 1.40 bits per heavy atom. The minimum absolute atomic E-state index is 0.126. The molecule has 4 heteroatoms. The fourth-order valence-electron chi connectivity index (χ4n) is 1.34. The monoisotopic (exact) mass is 240 g/mol. The number of nitrogens with zero attached hydrogens (tertiary/aromatic N) is 1. The highest BCUT2D eigenvalue weighted by Gasteiger charge is 2.15. The zero-order chi connectivity index (χ0) is 11.0. The van der Waals surface area contributed by atoms with Crippen molar-refractivity contribution in [2.45, 2.75) is 25.8 Å². The molecule has 2 unspecified atom stereocenters. The summed E-state index contributed by atoms with van der Waals surface area (Å²) in [6.07, 6.45) is 0. The van der Waals surface area contributed by atoms with Gasteiger partial charge in [-0.3, -0.25) is 0 Å². The first-order chi connectivity index (χ1) is 7.08. The number of halogens is 1. The van der Waals surface area contributed by atoms with Gasteiger partial charge >= 0.3 is 0 Å². The molecule has 0 radical (unpaired) electrons. The molecule has 0 spiro atoms. The summed E-state index contributed by atoms with van der Waals surface area (Å²) in [5.74, 6) is 0.293. The maximum Gasteiger partial charge on any atom is 0.0982 e. The van der Waals surface area contributed by atoms with Crippen molar-refractivity contribution in [3.8, 4) is 0 Å². The summed E-state index contributed by atoms with van der Waals surface area (Å²) in [5, 5.41) is 1.84. The predicted molar refractivity (Wildman–Crippen MR) is 66.7 cm³/mol. The van der Waals surface area contributed by atoms with Gasteiger partial charge in [-0.05, 0) is 25.1 Å². The first-order valence-electron chi connectivity index (χ1n) is 4.89. The third kappa shape index (κ3) is 2.14. The third-order valence-electron chi connectivity index (χ3n) is 2.55. The third-order valence-corrected chi connectivity index (χ3v) is 4.00. The van der Waals surface area contributed by atoms with Crippen molar-refractivity contribution < 1.29 is 0 Å². The average molecular weight is 241 g/mol. The zero-order valence-corrected chi connectivity index (χ0v) is 10.3. The van der Waals surface area contributed by atoms with Crippen molar-refractivity contribution in [1.29, 1.82) is 0 Å². The molecule has 0 saturated heterocycles. The van der Waals surface area contributed by atoms with Gasteiger partial charge in [0.05, 0.1) is 15.2 Å². The molecule has 80 valence electrons. The molecule has 1 aromatic heterocycles.